The lowest BCUT2D eigenvalue weighted by atomic mass is 9.98. The third kappa shape index (κ3) is 6.75. The molecule has 7 rings (SSSR count). The van der Waals surface area contributed by atoms with Gasteiger partial charge >= 0.3 is 0 Å². The SMILES string of the molecule is c1cc(Cc2cccc(N(CC3CO3)CC3CO3)c2)cc(Cc2cccc(N(CC3CO3)CC3CO3)c2)c1. The van der Waals surface area contributed by atoms with Crippen molar-refractivity contribution in [1.82, 2.24) is 0 Å². The van der Waals surface area contributed by atoms with Gasteiger partial charge in [0.15, 0.2) is 0 Å². The topological polar surface area (TPSA) is 56.6 Å². The molecule has 0 aliphatic carbocycles. The normalized spacial score (nSPS) is 24.6. The van der Waals surface area contributed by atoms with Crippen molar-refractivity contribution in [2.24, 2.45) is 0 Å². The van der Waals surface area contributed by atoms with Gasteiger partial charge in [-0.3, -0.25) is 0 Å². The molecule has 0 radical (unpaired) electrons. The van der Waals surface area contributed by atoms with Crippen molar-refractivity contribution < 1.29 is 18.9 Å². The number of nitrogens with zero attached hydrogens (tertiary/aromatic N) is 2. The van der Waals surface area contributed by atoms with Crippen LogP contribution in [0.1, 0.15) is 22.3 Å². The second-order valence-electron chi connectivity index (χ2n) is 11.1. The molecule has 4 heterocycles. The zero-order chi connectivity index (χ0) is 25.3. The summed E-state index contributed by atoms with van der Waals surface area (Å²) in [5.41, 5.74) is 7.88. The molecule has 0 saturated carbocycles. The fraction of sp³-hybridized carbons (Fsp3) is 0.438. The van der Waals surface area contributed by atoms with E-state index in [0.29, 0.717) is 24.4 Å². The number of anilines is 2. The molecule has 4 aliphatic heterocycles. The van der Waals surface area contributed by atoms with E-state index in [-0.39, 0.29) is 0 Å². The number of rotatable bonds is 14. The summed E-state index contributed by atoms with van der Waals surface area (Å²) in [6, 6.07) is 27.0. The summed E-state index contributed by atoms with van der Waals surface area (Å²) in [5.74, 6) is 0. The van der Waals surface area contributed by atoms with E-state index in [1.54, 1.807) is 0 Å². The molecule has 0 N–H and O–H groups in total. The first kappa shape index (κ1) is 24.2. The van der Waals surface area contributed by atoms with Crippen LogP contribution in [-0.4, -0.2) is 77.0 Å². The first-order valence-corrected chi connectivity index (χ1v) is 14.0. The molecule has 0 aromatic heterocycles. The second kappa shape index (κ2) is 10.7. The third-order valence-electron chi connectivity index (χ3n) is 7.66. The van der Waals surface area contributed by atoms with Gasteiger partial charge in [0.25, 0.3) is 0 Å². The molecule has 6 heteroatoms. The lowest BCUT2D eigenvalue weighted by Gasteiger charge is -2.24. The highest BCUT2D eigenvalue weighted by atomic mass is 16.6. The Kier molecular flexibility index (Phi) is 6.80. The van der Waals surface area contributed by atoms with Crippen molar-refractivity contribution in [2.45, 2.75) is 37.3 Å². The zero-order valence-corrected chi connectivity index (χ0v) is 21.8. The lowest BCUT2D eigenvalue weighted by Crippen LogP contribution is -2.31. The van der Waals surface area contributed by atoms with Crippen LogP contribution >= 0.6 is 0 Å². The van der Waals surface area contributed by atoms with Gasteiger partial charge in [-0.25, -0.2) is 0 Å². The van der Waals surface area contributed by atoms with Gasteiger partial charge in [-0.1, -0.05) is 48.5 Å². The van der Waals surface area contributed by atoms with E-state index in [4.69, 9.17) is 18.9 Å². The molecule has 4 saturated heterocycles. The molecule has 4 fully saturated rings. The molecule has 4 unspecified atom stereocenters. The van der Waals surface area contributed by atoms with Gasteiger partial charge < -0.3 is 28.7 Å². The maximum Gasteiger partial charge on any atom is 0.0984 e. The first-order valence-electron chi connectivity index (χ1n) is 14.0. The van der Waals surface area contributed by atoms with Crippen molar-refractivity contribution in [3.05, 3.63) is 95.1 Å². The fourth-order valence-corrected chi connectivity index (χ4v) is 5.29. The Morgan fingerprint density at radius 3 is 1.13 bits per heavy atom. The smallest absolute Gasteiger partial charge is 0.0984 e. The van der Waals surface area contributed by atoms with Crippen LogP contribution in [0.25, 0.3) is 0 Å². The Hall–Kier alpha value is -2.90. The lowest BCUT2D eigenvalue weighted by molar-refractivity contribution is 0.388. The predicted octanol–water partition coefficient (Wildman–Crippen LogP) is 4.08. The van der Waals surface area contributed by atoms with E-state index in [1.165, 1.54) is 33.6 Å². The van der Waals surface area contributed by atoms with Gasteiger partial charge in [-0.05, 0) is 59.4 Å². The quantitative estimate of drug-likeness (QED) is 0.304. The molecule has 198 valence electrons. The number of ether oxygens (including phenoxy) is 4. The molecule has 3 aromatic rings. The van der Waals surface area contributed by atoms with Crippen LogP contribution < -0.4 is 9.80 Å². The van der Waals surface area contributed by atoms with Crippen LogP contribution in [0.2, 0.25) is 0 Å². The Labute approximate surface area is 225 Å². The third-order valence-corrected chi connectivity index (χ3v) is 7.66. The summed E-state index contributed by atoms with van der Waals surface area (Å²) in [7, 11) is 0. The highest BCUT2D eigenvalue weighted by Crippen LogP contribution is 2.26. The minimum Gasteiger partial charge on any atom is -0.371 e. The minimum absolute atomic E-state index is 0.365. The molecule has 4 atom stereocenters. The number of hydrogen-bond acceptors (Lipinski definition) is 6. The highest BCUT2D eigenvalue weighted by Gasteiger charge is 2.32. The molecule has 3 aromatic carbocycles. The molecule has 0 bridgehead atoms. The highest BCUT2D eigenvalue weighted by molar-refractivity contribution is 5.51. The summed E-state index contributed by atoms with van der Waals surface area (Å²) >= 11 is 0. The van der Waals surface area contributed by atoms with Crippen molar-refractivity contribution in [1.29, 1.82) is 0 Å². The Balaban J connectivity index is 1.03. The molecular weight excluding hydrogens is 476 g/mol. The molecule has 6 nitrogen and oxygen atoms in total. The molecular formula is C32H36N2O4. The molecule has 38 heavy (non-hydrogen) atoms. The minimum atomic E-state index is 0.365. The van der Waals surface area contributed by atoms with E-state index in [9.17, 15) is 0 Å². The number of hydrogen-bond donors (Lipinski definition) is 0. The number of epoxide rings is 4. The van der Waals surface area contributed by atoms with Crippen molar-refractivity contribution in [2.75, 3.05) is 62.4 Å². The van der Waals surface area contributed by atoms with Gasteiger partial charge in [0.2, 0.25) is 0 Å². The second-order valence-corrected chi connectivity index (χ2v) is 11.1. The van der Waals surface area contributed by atoms with Crippen molar-refractivity contribution in [3.63, 3.8) is 0 Å². The zero-order valence-electron chi connectivity index (χ0n) is 21.8. The van der Waals surface area contributed by atoms with Gasteiger partial charge in [0, 0.05) is 37.6 Å². The van der Waals surface area contributed by atoms with E-state index in [1.807, 2.05) is 0 Å². The van der Waals surface area contributed by atoms with Crippen LogP contribution in [-0.2, 0) is 31.8 Å². The average Bonchev–Trinajstić information content (AvgIpc) is 3.75. The van der Waals surface area contributed by atoms with Crippen LogP contribution in [0.5, 0.6) is 0 Å². The maximum absolute atomic E-state index is 5.51. The van der Waals surface area contributed by atoms with E-state index in [0.717, 1.165) is 65.4 Å². The van der Waals surface area contributed by atoms with Crippen LogP contribution in [0.3, 0.4) is 0 Å². The van der Waals surface area contributed by atoms with Gasteiger partial charge in [-0.15, -0.1) is 0 Å². The van der Waals surface area contributed by atoms with Crippen LogP contribution in [0.4, 0.5) is 11.4 Å². The van der Waals surface area contributed by atoms with Gasteiger partial charge in [0.05, 0.1) is 50.8 Å². The van der Waals surface area contributed by atoms with Crippen LogP contribution in [0.15, 0.2) is 72.8 Å². The predicted molar refractivity (Wildman–Crippen MR) is 148 cm³/mol. The Bertz CT molecular complexity index is 1130. The largest absolute Gasteiger partial charge is 0.371 e. The summed E-state index contributed by atoms with van der Waals surface area (Å²) in [5, 5.41) is 0. The van der Waals surface area contributed by atoms with Gasteiger partial charge in [0.1, 0.15) is 0 Å². The Morgan fingerprint density at radius 2 is 0.789 bits per heavy atom. The van der Waals surface area contributed by atoms with E-state index >= 15 is 0 Å². The van der Waals surface area contributed by atoms with Crippen molar-refractivity contribution in [3.8, 4) is 0 Å². The maximum atomic E-state index is 5.51. The molecule has 4 aliphatic rings. The standard InChI is InChI=1S/C32H36N2O4/c1-4-23(11-25-6-2-8-27(13-25)33(15-29-19-35-29)16-30-20-36-30)10-24(5-1)12-26-7-3-9-28(14-26)34(17-31-21-37-31)18-32-22-38-32/h1-10,13-14,29-32H,11-12,15-22H2. The molecule has 0 amide bonds. The summed E-state index contributed by atoms with van der Waals surface area (Å²) in [6.45, 7) is 7.26. The van der Waals surface area contributed by atoms with Crippen LogP contribution in [0, 0.1) is 0 Å². The number of benzene rings is 3. The molecule has 0 spiro atoms. The summed E-state index contributed by atoms with van der Waals surface area (Å²) in [6.07, 6.45) is 3.30. The van der Waals surface area contributed by atoms with Crippen molar-refractivity contribution >= 4 is 11.4 Å². The first-order chi connectivity index (χ1) is 18.7. The van der Waals surface area contributed by atoms with E-state index < -0.39 is 0 Å². The van der Waals surface area contributed by atoms with Gasteiger partial charge in [-0.2, -0.15) is 0 Å². The summed E-state index contributed by atoms with van der Waals surface area (Å²) in [4.78, 5) is 4.85. The van der Waals surface area contributed by atoms with E-state index in [2.05, 4.69) is 82.6 Å². The summed E-state index contributed by atoms with van der Waals surface area (Å²) < 4.78 is 22.1. The average molecular weight is 513 g/mol. The fourth-order valence-electron chi connectivity index (χ4n) is 5.29. The Morgan fingerprint density at radius 1 is 0.474 bits per heavy atom. The monoisotopic (exact) mass is 512 g/mol.